The maximum Gasteiger partial charge on any atom is 0.146 e. The van der Waals surface area contributed by atoms with Crippen LogP contribution in [-0.4, -0.2) is 4.98 Å². The van der Waals surface area contributed by atoms with Crippen molar-refractivity contribution in [2.24, 2.45) is 0 Å². The predicted molar refractivity (Wildman–Crippen MR) is 74.7 cm³/mol. The number of fused-ring (bicyclic) bond motifs is 1. The van der Waals surface area contributed by atoms with Crippen LogP contribution in [0, 0.1) is 12.7 Å². The molecule has 3 rings (SSSR count). The van der Waals surface area contributed by atoms with Gasteiger partial charge in [-0.05, 0) is 49.4 Å². The van der Waals surface area contributed by atoms with Crippen molar-refractivity contribution in [3.63, 3.8) is 0 Å². The molecule has 0 radical (unpaired) electrons. The third kappa shape index (κ3) is 2.33. The van der Waals surface area contributed by atoms with Crippen LogP contribution in [-0.2, 0) is 6.42 Å². The van der Waals surface area contributed by atoms with E-state index >= 15 is 0 Å². The van der Waals surface area contributed by atoms with E-state index in [-0.39, 0.29) is 11.9 Å². The van der Waals surface area contributed by atoms with Gasteiger partial charge in [0, 0.05) is 6.20 Å². The highest BCUT2D eigenvalue weighted by Crippen LogP contribution is 2.32. The highest BCUT2D eigenvalue weighted by atomic mass is 19.1. The average Bonchev–Trinajstić information content (AvgIpc) is 2.43. The zero-order valence-electron chi connectivity index (χ0n) is 11.0. The van der Waals surface area contributed by atoms with E-state index in [0.29, 0.717) is 5.69 Å². The lowest BCUT2D eigenvalue weighted by Crippen LogP contribution is -2.19. The highest BCUT2D eigenvalue weighted by molar-refractivity contribution is 5.53. The highest BCUT2D eigenvalue weighted by Gasteiger charge is 2.22. The number of halogens is 1. The number of nitrogens with zero attached hydrogens (tertiary/aromatic N) is 1. The summed E-state index contributed by atoms with van der Waals surface area (Å²) in [4.78, 5) is 4.47. The van der Waals surface area contributed by atoms with Crippen molar-refractivity contribution in [1.29, 1.82) is 0 Å². The van der Waals surface area contributed by atoms with Crippen LogP contribution in [0.4, 0.5) is 10.1 Å². The van der Waals surface area contributed by atoms with E-state index in [4.69, 9.17) is 0 Å². The Morgan fingerprint density at radius 1 is 1.26 bits per heavy atom. The molecule has 98 valence electrons. The molecule has 2 nitrogen and oxygen atoms in total. The van der Waals surface area contributed by atoms with Crippen molar-refractivity contribution in [3.05, 3.63) is 59.2 Å². The van der Waals surface area contributed by atoms with Gasteiger partial charge in [-0.1, -0.05) is 18.2 Å². The lowest BCUT2D eigenvalue weighted by Gasteiger charge is -2.26. The summed E-state index contributed by atoms with van der Waals surface area (Å²) in [6.07, 6.45) is 4.99. The number of nitrogens with one attached hydrogen (secondary N) is 1. The van der Waals surface area contributed by atoms with Gasteiger partial charge >= 0.3 is 0 Å². The van der Waals surface area contributed by atoms with Crippen molar-refractivity contribution >= 4 is 5.69 Å². The molecule has 1 atom stereocenters. The van der Waals surface area contributed by atoms with Gasteiger partial charge in [-0.25, -0.2) is 4.39 Å². The Balaban J connectivity index is 1.93. The first kappa shape index (κ1) is 12.2. The molecule has 0 aliphatic heterocycles. The Bertz CT molecular complexity index is 575. The second kappa shape index (κ2) is 5.00. The van der Waals surface area contributed by atoms with E-state index in [1.807, 2.05) is 25.3 Å². The Hall–Kier alpha value is -1.90. The zero-order chi connectivity index (χ0) is 13.2. The molecule has 0 saturated heterocycles. The zero-order valence-corrected chi connectivity index (χ0v) is 11.0. The minimum atomic E-state index is -0.192. The standard InChI is InChI=1S/C16H17FN2/c1-11-5-2-8-13(17)15(11)19-14-9-3-6-12-7-4-10-18-16(12)14/h2,4-5,7-8,10,14,19H,3,6,9H2,1H3. The molecule has 3 heteroatoms. The summed E-state index contributed by atoms with van der Waals surface area (Å²) in [6.45, 7) is 1.92. The van der Waals surface area contributed by atoms with Gasteiger partial charge in [0.05, 0.1) is 17.4 Å². The quantitative estimate of drug-likeness (QED) is 0.877. The molecule has 19 heavy (non-hydrogen) atoms. The molecule has 1 aromatic heterocycles. The van der Waals surface area contributed by atoms with Gasteiger partial charge in [0.25, 0.3) is 0 Å². The first-order valence-corrected chi connectivity index (χ1v) is 6.71. The van der Waals surface area contributed by atoms with Gasteiger partial charge in [-0.2, -0.15) is 0 Å². The SMILES string of the molecule is Cc1cccc(F)c1NC1CCCc2cccnc21. The lowest BCUT2D eigenvalue weighted by atomic mass is 9.91. The minimum Gasteiger partial charge on any atom is -0.374 e. The number of para-hydroxylation sites is 1. The molecule has 1 aliphatic carbocycles. The number of hydrogen-bond acceptors (Lipinski definition) is 2. The van der Waals surface area contributed by atoms with Crippen molar-refractivity contribution in [3.8, 4) is 0 Å². The van der Waals surface area contributed by atoms with Crippen LogP contribution < -0.4 is 5.32 Å². The maximum atomic E-state index is 13.9. The molecule has 1 aromatic carbocycles. The van der Waals surface area contributed by atoms with Crippen LogP contribution in [0.5, 0.6) is 0 Å². The van der Waals surface area contributed by atoms with Crippen LogP contribution in [0.15, 0.2) is 36.5 Å². The molecule has 0 fully saturated rings. The van der Waals surface area contributed by atoms with E-state index in [0.717, 1.165) is 30.5 Å². The Morgan fingerprint density at radius 3 is 3.00 bits per heavy atom. The minimum absolute atomic E-state index is 0.112. The number of aryl methyl sites for hydroxylation is 2. The summed E-state index contributed by atoms with van der Waals surface area (Å²) in [7, 11) is 0. The van der Waals surface area contributed by atoms with Crippen LogP contribution in [0.2, 0.25) is 0 Å². The lowest BCUT2D eigenvalue weighted by molar-refractivity contribution is 0.572. The van der Waals surface area contributed by atoms with Gasteiger partial charge < -0.3 is 5.32 Å². The maximum absolute atomic E-state index is 13.9. The number of rotatable bonds is 2. The number of pyridine rings is 1. The average molecular weight is 256 g/mol. The summed E-state index contributed by atoms with van der Waals surface area (Å²) in [5.74, 6) is -0.192. The molecule has 1 heterocycles. The number of benzene rings is 1. The Kier molecular flexibility index (Phi) is 3.20. The van der Waals surface area contributed by atoms with E-state index in [1.165, 1.54) is 11.6 Å². The van der Waals surface area contributed by atoms with Crippen LogP contribution in [0.3, 0.4) is 0 Å². The van der Waals surface area contributed by atoms with Crippen molar-refractivity contribution in [1.82, 2.24) is 4.98 Å². The molecule has 0 saturated carbocycles. The fourth-order valence-corrected chi connectivity index (χ4v) is 2.74. The van der Waals surface area contributed by atoms with E-state index < -0.39 is 0 Å². The molecule has 0 bridgehead atoms. The van der Waals surface area contributed by atoms with E-state index in [1.54, 1.807) is 6.07 Å². The van der Waals surface area contributed by atoms with Gasteiger partial charge in [-0.15, -0.1) is 0 Å². The molecule has 1 N–H and O–H groups in total. The Morgan fingerprint density at radius 2 is 2.16 bits per heavy atom. The summed E-state index contributed by atoms with van der Waals surface area (Å²) in [5, 5.41) is 3.34. The molecule has 2 aromatic rings. The van der Waals surface area contributed by atoms with Crippen LogP contribution >= 0.6 is 0 Å². The summed E-state index contributed by atoms with van der Waals surface area (Å²) >= 11 is 0. The molecule has 1 aliphatic rings. The number of aromatic nitrogens is 1. The smallest absolute Gasteiger partial charge is 0.146 e. The summed E-state index contributed by atoms with van der Waals surface area (Å²) in [5.41, 5.74) is 3.88. The molecule has 0 amide bonds. The molecular formula is C16H17FN2. The first-order chi connectivity index (χ1) is 9.25. The van der Waals surface area contributed by atoms with Crippen molar-refractivity contribution < 1.29 is 4.39 Å². The second-order valence-corrected chi connectivity index (χ2v) is 5.07. The van der Waals surface area contributed by atoms with Crippen LogP contribution in [0.25, 0.3) is 0 Å². The number of anilines is 1. The monoisotopic (exact) mass is 256 g/mol. The third-order valence-corrected chi connectivity index (χ3v) is 3.74. The van der Waals surface area contributed by atoms with Crippen molar-refractivity contribution in [2.45, 2.75) is 32.2 Å². The Labute approximate surface area is 112 Å². The van der Waals surface area contributed by atoms with Gasteiger partial charge in [0.1, 0.15) is 5.82 Å². The largest absolute Gasteiger partial charge is 0.374 e. The van der Waals surface area contributed by atoms with Crippen LogP contribution in [0.1, 0.15) is 35.7 Å². The normalized spacial score (nSPS) is 17.9. The first-order valence-electron chi connectivity index (χ1n) is 6.71. The molecule has 1 unspecified atom stereocenters. The molecular weight excluding hydrogens is 239 g/mol. The molecule has 0 spiro atoms. The van der Waals surface area contributed by atoms with Gasteiger partial charge in [0.15, 0.2) is 0 Å². The topological polar surface area (TPSA) is 24.9 Å². The fourth-order valence-electron chi connectivity index (χ4n) is 2.74. The van der Waals surface area contributed by atoms with E-state index in [2.05, 4.69) is 16.4 Å². The second-order valence-electron chi connectivity index (χ2n) is 5.07. The van der Waals surface area contributed by atoms with Gasteiger partial charge in [0.2, 0.25) is 0 Å². The summed E-state index contributed by atoms with van der Waals surface area (Å²) in [6, 6.07) is 9.36. The fraction of sp³-hybridized carbons (Fsp3) is 0.312. The summed E-state index contributed by atoms with van der Waals surface area (Å²) < 4.78 is 13.9. The number of hydrogen-bond donors (Lipinski definition) is 1. The van der Waals surface area contributed by atoms with Crippen molar-refractivity contribution in [2.75, 3.05) is 5.32 Å². The third-order valence-electron chi connectivity index (χ3n) is 3.74. The van der Waals surface area contributed by atoms with E-state index in [9.17, 15) is 4.39 Å². The predicted octanol–water partition coefficient (Wildman–Crippen LogP) is 4.02. The van der Waals surface area contributed by atoms with Gasteiger partial charge in [-0.3, -0.25) is 4.98 Å².